The Kier molecular flexibility index (Phi) is 4.02. The number of fused-ring (bicyclic) bond motifs is 1. The van der Waals surface area contributed by atoms with Gasteiger partial charge in [0.2, 0.25) is 0 Å². The van der Waals surface area contributed by atoms with Crippen molar-refractivity contribution in [3.8, 4) is 0 Å². The van der Waals surface area contributed by atoms with Gasteiger partial charge in [0, 0.05) is 11.5 Å². The first-order valence-corrected chi connectivity index (χ1v) is 7.13. The molecule has 6 heteroatoms. The van der Waals surface area contributed by atoms with Crippen LogP contribution in [0.3, 0.4) is 0 Å². The molecule has 6 nitrogen and oxygen atoms in total. The van der Waals surface area contributed by atoms with Gasteiger partial charge in [-0.1, -0.05) is 6.08 Å². The Morgan fingerprint density at radius 2 is 2.10 bits per heavy atom. The highest BCUT2D eigenvalue weighted by molar-refractivity contribution is 5.82. The molecule has 118 valence electrons. The lowest BCUT2D eigenvalue weighted by molar-refractivity contribution is -0.142. The number of ether oxygens (including phenoxy) is 2. The summed E-state index contributed by atoms with van der Waals surface area (Å²) in [5, 5.41) is 9.35. The molecule has 1 N–H and O–H groups in total. The summed E-state index contributed by atoms with van der Waals surface area (Å²) in [6.07, 6.45) is 2.29. The van der Waals surface area contributed by atoms with E-state index < -0.39 is 23.7 Å². The van der Waals surface area contributed by atoms with E-state index in [4.69, 9.17) is 9.47 Å². The van der Waals surface area contributed by atoms with Crippen molar-refractivity contribution >= 4 is 12.1 Å². The molecule has 3 atom stereocenters. The summed E-state index contributed by atoms with van der Waals surface area (Å²) in [6, 6.07) is -0.927. The molecular weight excluding hydrogens is 274 g/mol. The van der Waals surface area contributed by atoms with E-state index in [1.807, 2.05) is 0 Å². The van der Waals surface area contributed by atoms with E-state index in [-0.39, 0.29) is 11.5 Å². The molecule has 2 fully saturated rings. The summed E-state index contributed by atoms with van der Waals surface area (Å²) in [4.78, 5) is 25.1. The maximum absolute atomic E-state index is 12.3. The third-order valence-corrected chi connectivity index (χ3v) is 3.93. The van der Waals surface area contributed by atoms with Gasteiger partial charge in [-0.2, -0.15) is 0 Å². The highest BCUT2D eigenvalue weighted by atomic mass is 16.6. The van der Waals surface area contributed by atoms with Crippen molar-refractivity contribution in [3.05, 3.63) is 12.7 Å². The summed E-state index contributed by atoms with van der Waals surface area (Å²) >= 11 is 0. The summed E-state index contributed by atoms with van der Waals surface area (Å²) in [6.45, 7) is 9.77. The number of carbonyl (C=O) groups is 2. The average Bonchev–Trinajstić information content (AvgIpc) is 2.92. The number of carboxylic acid groups (broad SMARTS) is 1. The first-order chi connectivity index (χ1) is 9.70. The molecular formula is C15H23NO5. The smallest absolute Gasteiger partial charge is 0.411 e. The van der Waals surface area contributed by atoms with E-state index in [9.17, 15) is 14.7 Å². The molecule has 0 aromatic carbocycles. The Labute approximate surface area is 124 Å². The van der Waals surface area contributed by atoms with Crippen LogP contribution in [0.5, 0.6) is 0 Å². The number of carbonyl (C=O) groups excluding carboxylic acids is 1. The van der Waals surface area contributed by atoms with Gasteiger partial charge >= 0.3 is 12.1 Å². The topological polar surface area (TPSA) is 76.1 Å². The van der Waals surface area contributed by atoms with Crippen molar-refractivity contribution in [2.45, 2.75) is 51.3 Å². The Bertz CT molecular complexity index is 455. The molecule has 21 heavy (non-hydrogen) atoms. The van der Waals surface area contributed by atoms with Gasteiger partial charge in [0.15, 0.2) is 0 Å². The largest absolute Gasteiger partial charge is 0.480 e. The normalized spacial score (nSPS) is 30.7. The third kappa shape index (κ3) is 3.20. The van der Waals surface area contributed by atoms with Gasteiger partial charge < -0.3 is 14.6 Å². The zero-order valence-corrected chi connectivity index (χ0v) is 12.8. The maximum atomic E-state index is 12.3. The van der Waals surface area contributed by atoms with Crippen LogP contribution in [0, 0.1) is 5.41 Å². The fourth-order valence-corrected chi connectivity index (χ4v) is 2.97. The minimum absolute atomic E-state index is 0.0988. The average molecular weight is 297 g/mol. The Balaban J connectivity index is 2.08. The first kappa shape index (κ1) is 15.8. The van der Waals surface area contributed by atoms with Crippen molar-refractivity contribution in [1.82, 2.24) is 4.90 Å². The van der Waals surface area contributed by atoms with Crippen molar-refractivity contribution in [3.63, 3.8) is 0 Å². The van der Waals surface area contributed by atoms with Gasteiger partial charge in [0.25, 0.3) is 0 Å². The van der Waals surface area contributed by atoms with Gasteiger partial charge in [-0.15, -0.1) is 6.58 Å². The highest BCUT2D eigenvalue weighted by Crippen LogP contribution is 2.59. The number of piperidine rings is 1. The summed E-state index contributed by atoms with van der Waals surface area (Å²) in [7, 11) is 0. The number of aliphatic carboxylic acids is 1. The van der Waals surface area contributed by atoms with Crippen LogP contribution in [0.1, 0.15) is 33.6 Å². The zero-order valence-electron chi connectivity index (χ0n) is 12.8. The predicted octanol–water partition coefficient (Wildman–Crippen LogP) is 2.04. The molecule has 1 saturated heterocycles. The molecule has 0 radical (unpaired) electrons. The van der Waals surface area contributed by atoms with E-state index in [2.05, 4.69) is 6.58 Å². The van der Waals surface area contributed by atoms with E-state index >= 15 is 0 Å². The first-order valence-electron chi connectivity index (χ1n) is 7.13. The van der Waals surface area contributed by atoms with Crippen molar-refractivity contribution in [2.24, 2.45) is 5.41 Å². The zero-order chi connectivity index (χ0) is 15.8. The van der Waals surface area contributed by atoms with Gasteiger partial charge in [-0.3, -0.25) is 4.90 Å². The van der Waals surface area contributed by atoms with Crippen molar-refractivity contribution in [2.75, 3.05) is 13.2 Å². The molecule has 0 bridgehead atoms. The van der Waals surface area contributed by atoms with Gasteiger partial charge in [0.1, 0.15) is 11.6 Å². The van der Waals surface area contributed by atoms with Crippen molar-refractivity contribution in [1.29, 1.82) is 0 Å². The Morgan fingerprint density at radius 1 is 1.43 bits per heavy atom. The van der Waals surface area contributed by atoms with Crippen LogP contribution in [-0.2, 0) is 14.3 Å². The highest BCUT2D eigenvalue weighted by Gasteiger charge is 2.68. The standard InChI is InChI=1S/C15H23NO5/c1-5-6-20-9-15-7-10(12(17)18)16(11(15)8-15)13(19)21-14(2,3)4/h5,10-11H,1,6-9H2,2-4H3,(H,17,18)/t10-,11+,15-/m0/s1. The molecule has 0 aromatic rings. The van der Waals surface area contributed by atoms with Crippen LogP contribution in [0.15, 0.2) is 12.7 Å². The molecule has 1 amide bonds. The fourth-order valence-electron chi connectivity index (χ4n) is 2.97. The lowest BCUT2D eigenvalue weighted by Gasteiger charge is -2.28. The summed E-state index contributed by atoms with van der Waals surface area (Å²) in [5.41, 5.74) is -0.872. The Morgan fingerprint density at radius 3 is 2.62 bits per heavy atom. The van der Waals surface area contributed by atoms with Crippen molar-refractivity contribution < 1.29 is 24.2 Å². The monoisotopic (exact) mass is 297 g/mol. The van der Waals surface area contributed by atoms with Gasteiger partial charge in [-0.25, -0.2) is 9.59 Å². The van der Waals surface area contributed by atoms with E-state index in [1.54, 1.807) is 26.8 Å². The van der Waals surface area contributed by atoms with E-state index in [0.717, 1.165) is 6.42 Å². The number of rotatable bonds is 5. The molecule has 0 unspecified atom stereocenters. The number of hydrogen-bond acceptors (Lipinski definition) is 4. The number of hydrogen-bond donors (Lipinski definition) is 1. The van der Waals surface area contributed by atoms with Gasteiger partial charge in [0.05, 0.1) is 13.2 Å². The Hall–Kier alpha value is -1.56. The molecule has 0 aromatic heterocycles. The quantitative estimate of drug-likeness (QED) is 0.621. The SMILES string of the molecule is C=CCOC[C@@]12C[C@@H](C(=O)O)N(C(=O)OC(C)(C)C)[C@@H]1C2. The number of amides is 1. The summed E-state index contributed by atoms with van der Waals surface area (Å²) < 4.78 is 10.8. The van der Waals surface area contributed by atoms with Crippen LogP contribution in [0.25, 0.3) is 0 Å². The number of likely N-dealkylation sites (tertiary alicyclic amines) is 1. The molecule has 2 aliphatic rings. The molecule has 1 aliphatic heterocycles. The fraction of sp³-hybridized carbons (Fsp3) is 0.733. The second kappa shape index (κ2) is 5.33. The molecule has 1 heterocycles. The molecule has 0 spiro atoms. The minimum Gasteiger partial charge on any atom is -0.480 e. The maximum Gasteiger partial charge on any atom is 0.411 e. The molecule has 1 aliphatic carbocycles. The van der Waals surface area contributed by atoms with Crippen LogP contribution >= 0.6 is 0 Å². The summed E-state index contributed by atoms with van der Waals surface area (Å²) in [5.74, 6) is -0.990. The second-order valence-electron chi connectivity index (χ2n) is 6.83. The van der Waals surface area contributed by atoms with E-state index in [0.29, 0.717) is 19.6 Å². The van der Waals surface area contributed by atoms with Crippen LogP contribution in [-0.4, -0.2) is 53.0 Å². The number of carboxylic acids is 1. The minimum atomic E-state index is -0.990. The van der Waals surface area contributed by atoms with Gasteiger partial charge in [-0.05, 0) is 33.6 Å². The lowest BCUT2D eigenvalue weighted by atomic mass is 10.0. The molecule has 2 rings (SSSR count). The molecule has 1 saturated carbocycles. The van der Waals surface area contributed by atoms with Crippen LogP contribution in [0.2, 0.25) is 0 Å². The number of nitrogens with zero attached hydrogens (tertiary/aromatic N) is 1. The predicted molar refractivity (Wildman–Crippen MR) is 76.0 cm³/mol. The van der Waals surface area contributed by atoms with E-state index in [1.165, 1.54) is 4.90 Å². The lowest BCUT2D eigenvalue weighted by Crippen LogP contribution is -2.45. The van der Waals surface area contributed by atoms with Crippen LogP contribution in [0.4, 0.5) is 4.79 Å². The van der Waals surface area contributed by atoms with Crippen LogP contribution < -0.4 is 0 Å². The second-order valence-corrected chi connectivity index (χ2v) is 6.83. The third-order valence-electron chi connectivity index (χ3n) is 3.93.